The van der Waals surface area contributed by atoms with Crippen LogP contribution in [0.3, 0.4) is 0 Å². The fourth-order valence-corrected chi connectivity index (χ4v) is 2.72. The molecule has 4 nitrogen and oxygen atoms in total. The van der Waals surface area contributed by atoms with Gasteiger partial charge in [0.05, 0.1) is 22.6 Å². The lowest BCUT2D eigenvalue weighted by Crippen LogP contribution is -2.35. The highest BCUT2D eigenvalue weighted by Crippen LogP contribution is 2.24. The van der Waals surface area contributed by atoms with Gasteiger partial charge in [-0.1, -0.05) is 0 Å². The molecule has 0 aliphatic heterocycles. The van der Waals surface area contributed by atoms with E-state index >= 15 is 0 Å². The van der Waals surface area contributed by atoms with E-state index in [0.717, 1.165) is 8.79 Å². The first kappa shape index (κ1) is 14.1. The number of halogens is 1. The van der Waals surface area contributed by atoms with Crippen LogP contribution in [0.25, 0.3) is 0 Å². The highest BCUT2D eigenvalue weighted by Gasteiger charge is 2.15. The van der Waals surface area contributed by atoms with Gasteiger partial charge in [-0.05, 0) is 29.3 Å². The van der Waals surface area contributed by atoms with E-state index in [1.807, 2.05) is 0 Å². The smallest absolute Gasteiger partial charge is 0.110 e. The Bertz CT molecular complexity index is 303. The minimum atomic E-state index is 0.160. The van der Waals surface area contributed by atoms with Gasteiger partial charge in [0, 0.05) is 19.8 Å². The Morgan fingerprint density at radius 3 is 2.94 bits per heavy atom. The van der Waals surface area contributed by atoms with E-state index in [9.17, 15) is 0 Å². The van der Waals surface area contributed by atoms with E-state index in [0.29, 0.717) is 13.0 Å². The highest BCUT2D eigenvalue weighted by atomic mass is 79.9. The van der Waals surface area contributed by atoms with Gasteiger partial charge >= 0.3 is 0 Å². The SMILES string of the molecule is COCC(CCO)NC(C)c1ncc(Br)s1. The van der Waals surface area contributed by atoms with Gasteiger partial charge in [-0.3, -0.25) is 0 Å². The predicted molar refractivity (Wildman–Crippen MR) is 68.7 cm³/mol. The third kappa shape index (κ3) is 4.47. The van der Waals surface area contributed by atoms with Crippen LogP contribution in [-0.4, -0.2) is 36.5 Å². The predicted octanol–water partition coefficient (Wildman–Crippen LogP) is 1.95. The number of aromatic nitrogens is 1. The summed E-state index contributed by atoms with van der Waals surface area (Å²) in [4.78, 5) is 4.29. The number of nitrogens with one attached hydrogen (secondary N) is 1. The van der Waals surface area contributed by atoms with Gasteiger partial charge < -0.3 is 15.2 Å². The fourth-order valence-electron chi connectivity index (χ4n) is 1.46. The average molecular weight is 309 g/mol. The van der Waals surface area contributed by atoms with Crippen molar-refractivity contribution in [2.24, 2.45) is 0 Å². The maximum atomic E-state index is 8.93. The number of aliphatic hydroxyl groups is 1. The van der Waals surface area contributed by atoms with Crippen molar-refractivity contribution >= 4 is 27.3 Å². The van der Waals surface area contributed by atoms with Gasteiger partial charge in [0.25, 0.3) is 0 Å². The van der Waals surface area contributed by atoms with Crippen molar-refractivity contribution in [3.05, 3.63) is 15.0 Å². The minimum Gasteiger partial charge on any atom is -0.396 e. The summed E-state index contributed by atoms with van der Waals surface area (Å²) in [5.74, 6) is 0. The largest absolute Gasteiger partial charge is 0.396 e. The number of methoxy groups -OCH3 is 1. The van der Waals surface area contributed by atoms with Gasteiger partial charge in [0.1, 0.15) is 5.01 Å². The monoisotopic (exact) mass is 308 g/mol. The van der Waals surface area contributed by atoms with Crippen LogP contribution >= 0.6 is 27.3 Å². The molecule has 1 heterocycles. The first-order chi connectivity index (χ1) is 7.67. The summed E-state index contributed by atoms with van der Waals surface area (Å²) in [6, 6.07) is 0.329. The molecule has 0 spiro atoms. The molecule has 2 atom stereocenters. The normalized spacial score (nSPS) is 15.0. The number of aliphatic hydroxyl groups excluding tert-OH is 1. The second kappa shape index (κ2) is 7.34. The molecule has 0 aliphatic rings. The molecule has 2 N–H and O–H groups in total. The molecule has 0 aromatic carbocycles. The van der Waals surface area contributed by atoms with Gasteiger partial charge in [-0.25, -0.2) is 4.98 Å². The molecule has 1 aromatic heterocycles. The molecular weight excluding hydrogens is 292 g/mol. The van der Waals surface area contributed by atoms with Gasteiger partial charge in [0.15, 0.2) is 0 Å². The molecule has 92 valence electrons. The number of hydrogen-bond acceptors (Lipinski definition) is 5. The molecular formula is C10H17BrN2O2S. The van der Waals surface area contributed by atoms with Gasteiger partial charge in [-0.15, -0.1) is 11.3 Å². The van der Waals surface area contributed by atoms with Gasteiger partial charge in [-0.2, -0.15) is 0 Å². The molecule has 0 aliphatic carbocycles. The number of thiazole rings is 1. The Kier molecular flexibility index (Phi) is 6.45. The first-order valence-electron chi connectivity index (χ1n) is 5.14. The fraction of sp³-hybridized carbons (Fsp3) is 0.700. The van der Waals surface area contributed by atoms with Crippen molar-refractivity contribution in [3.8, 4) is 0 Å². The molecule has 0 fully saturated rings. The molecule has 0 radical (unpaired) electrons. The van der Waals surface area contributed by atoms with E-state index in [-0.39, 0.29) is 18.7 Å². The van der Waals surface area contributed by atoms with Crippen LogP contribution in [0.1, 0.15) is 24.4 Å². The van der Waals surface area contributed by atoms with Crippen LogP contribution in [0.4, 0.5) is 0 Å². The van der Waals surface area contributed by atoms with Crippen LogP contribution in [-0.2, 0) is 4.74 Å². The maximum Gasteiger partial charge on any atom is 0.110 e. The first-order valence-corrected chi connectivity index (χ1v) is 6.75. The van der Waals surface area contributed by atoms with Crippen molar-refractivity contribution in [2.75, 3.05) is 20.3 Å². The van der Waals surface area contributed by atoms with Crippen molar-refractivity contribution < 1.29 is 9.84 Å². The van der Waals surface area contributed by atoms with Crippen molar-refractivity contribution in [2.45, 2.75) is 25.4 Å². The highest BCUT2D eigenvalue weighted by molar-refractivity contribution is 9.11. The third-order valence-electron chi connectivity index (χ3n) is 2.20. The Morgan fingerprint density at radius 2 is 2.44 bits per heavy atom. The molecule has 0 saturated carbocycles. The lowest BCUT2D eigenvalue weighted by atomic mass is 10.2. The second-order valence-electron chi connectivity index (χ2n) is 3.56. The Balaban J connectivity index is 2.50. The number of nitrogens with zero attached hydrogens (tertiary/aromatic N) is 1. The molecule has 0 bridgehead atoms. The number of ether oxygens (including phenoxy) is 1. The van der Waals surface area contributed by atoms with E-state index < -0.39 is 0 Å². The van der Waals surface area contributed by atoms with E-state index in [1.165, 1.54) is 0 Å². The summed E-state index contributed by atoms with van der Waals surface area (Å²) < 4.78 is 6.13. The number of rotatable bonds is 7. The molecule has 0 saturated heterocycles. The summed E-state index contributed by atoms with van der Waals surface area (Å²) in [5, 5.41) is 13.4. The van der Waals surface area contributed by atoms with Crippen molar-refractivity contribution in [3.63, 3.8) is 0 Å². The van der Waals surface area contributed by atoms with Crippen LogP contribution in [0, 0.1) is 0 Å². The topological polar surface area (TPSA) is 54.4 Å². The maximum absolute atomic E-state index is 8.93. The Labute approximate surface area is 108 Å². The number of hydrogen-bond donors (Lipinski definition) is 2. The summed E-state index contributed by atoms with van der Waals surface area (Å²) in [5.41, 5.74) is 0. The summed E-state index contributed by atoms with van der Waals surface area (Å²) in [7, 11) is 1.66. The zero-order valence-corrected chi connectivity index (χ0v) is 11.8. The lowest BCUT2D eigenvalue weighted by molar-refractivity contribution is 0.143. The van der Waals surface area contributed by atoms with Crippen LogP contribution in [0.2, 0.25) is 0 Å². The molecule has 6 heteroatoms. The second-order valence-corrected chi connectivity index (χ2v) is 6.00. The Morgan fingerprint density at radius 1 is 1.69 bits per heavy atom. The molecule has 16 heavy (non-hydrogen) atoms. The summed E-state index contributed by atoms with van der Waals surface area (Å²) in [6.07, 6.45) is 2.49. The van der Waals surface area contributed by atoms with Crippen molar-refractivity contribution in [1.29, 1.82) is 0 Å². The van der Waals surface area contributed by atoms with E-state index in [1.54, 1.807) is 24.6 Å². The summed E-state index contributed by atoms with van der Waals surface area (Å²) >= 11 is 5.01. The van der Waals surface area contributed by atoms with E-state index in [4.69, 9.17) is 9.84 Å². The van der Waals surface area contributed by atoms with Crippen LogP contribution < -0.4 is 5.32 Å². The zero-order valence-electron chi connectivity index (χ0n) is 9.44. The summed E-state index contributed by atoms with van der Waals surface area (Å²) in [6.45, 7) is 2.82. The Hall–Kier alpha value is -0.0100. The molecule has 0 amide bonds. The van der Waals surface area contributed by atoms with Gasteiger partial charge in [0.2, 0.25) is 0 Å². The van der Waals surface area contributed by atoms with E-state index in [2.05, 4.69) is 33.2 Å². The molecule has 2 unspecified atom stereocenters. The van der Waals surface area contributed by atoms with Crippen LogP contribution in [0.15, 0.2) is 9.98 Å². The zero-order chi connectivity index (χ0) is 12.0. The van der Waals surface area contributed by atoms with Crippen molar-refractivity contribution in [1.82, 2.24) is 10.3 Å². The third-order valence-corrected chi connectivity index (χ3v) is 3.86. The quantitative estimate of drug-likeness (QED) is 0.808. The standard InChI is InChI=1S/C10H17BrN2O2S/c1-7(10-12-5-9(11)16-10)13-8(3-4-14)6-15-2/h5,7-8,13-14H,3-4,6H2,1-2H3. The molecule has 1 rings (SSSR count). The average Bonchev–Trinajstić information content (AvgIpc) is 2.65. The molecule has 1 aromatic rings. The lowest BCUT2D eigenvalue weighted by Gasteiger charge is -2.20. The van der Waals surface area contributed by atoms with Crippen LogP contribution in [0.5, 0.6) is 0 Å². The minimum absolute atomic E-state index is 0.160.